The molecule has 0 bridgehead atoms. The molecule has 108 valence electrons. The maximum Gasteiger partial charge on any atom is 0.423 e. The van der Waals surface area contributed by atoms with Crippen molar-refractivity contribution in [3.8, 4) is 0 Å². The zero-order chi connectivity index (χ0) is 15.0. The number of hydrogen-bond donors (Lipinski definition) is 2. The van der Waals surface area contributed by atoms with Gasteiger partial charge in [0.1, 0.15) is 11.6 Å². The highest BCUT2D eigenvalue weighted by Gasteiger charge is 2.60. The Balaban J connectivity index is 3.65. The van der Waals surface area contributed by atoms with E-state index in [2.05, 4.69) is 15.9 Å². The molecule has 1 rings (SSSR count). The minimum Gasteiger partial charge on any atom is -0.375 e. The summed E-state index contributed by atoms with van der Waals surface area (Å²) in [7, 11) is 0. The lowest BCUT2D eigenvalue weighted by Crippen LogP contribution is -2.56. The van der Waals surface area contributed by atoms with Crippen molar-refractivity contribution in [2.75, 3.05) is 0 Å². The van der Waals surface area contributed by atoms with Crippen molar-refractivity contribution in [2.24, 2.45) is 5.73 Å². The van der Waals surface area contributed by atoms with E-state index in [4.69, 9.17) is 5.73 Å². The Morgan fingerprint density at radius 2 is 1.84 bits per heavy atom. The molecule has 0 heterocycles. The van der Waals surface area contributed by atoms with Gasteiger partial charge in [-0.25, -0.2) is 8.78 Å². The molecule has 0 aliphatic rings. The van der Waals surface area contributed by atoms with Gasteiger partial charge >= 0.3 is 6.18 Å². The maximum atomic E-state index is 13.8. The van der Waals surface area contributed by atoms with E-state index in [1.807, 2.05) is 0 Å². The van der Waals surface area contributed by atoms with Crippen LogP contribution in [0.1, 0.15) is 18.9 Å². The molecule has 0 fully saturated rings. The lowest BCUT2D eigenvalue weighted by atomic mass is 9.84. The lowest BCUT2D eigenvalue weighted by Gasteiger charge is -2.36. The zero-order valence-electron chi connectivity index (χ0n) is 9.73. The highest BCUT2D eigenvalue weighted by atomic mass is 79.9. The third-order valence-corrected chi connectivity index (χ3v) is 3.45. The largest absolute Gasteiger partial charge is 0.423 e. The van der Waals surface area contributed by atoms with Gasteiger partial charge in [0.05, 0.1) is 10.0 Å². The SMILES string of the molecule is CCC(N)C(O)(c1c(F)ccc(Br)c1F)C(F)(F)F. The van der Waals surface area contributed by atoms with Gasteiger partial charge in [-0.1, -0.05) is 6.92 Å². The van der Waals surface area contributed by atoms with E-state index in [0.717, 1.165) is 6.07 Å². The minimum atomic E-state index is -5.31. The quantitative estimate of drug-likeness (QED) is 0.651. The number of halogens is 6. The summed E-state index contributed by atoms with van der Waals surface area (Å²) >= 11 is 2.65. The number of aliphatic hydroxyl groups is 1. The highest BCUT2D eigenvalue weighted by Crippen LogP contribution is 2.44. The Morgan fingerprint density at radius 3 is 2.26 bits per heavy atom. The minimum absolute atomic E-state index is 0.318. The molecule has 2 nitrogen and oxygen atoms in total. The second-order valence-electron chi connectivity index (χ2n) is 4.00. The second-order valence-corrected chi connectivity index (χ2v) is 4.85. The molecule has 0 aliphatic carbocycles. The van der Waals surface area contributed by atoms with Crippen LogP contribution in [0, 0.1) is 11.6 Å². The fraction of sp³-hybridized carbons (Fsp3) is 0.455. The van der Waals surface area contributed by atoms with E-state index in [1.165, 1.54) is 6.92 Å². The second kappa shape index (κ2) is 5.34. The Hall–Kier alpha value is -0.730. The molecule has 19 heavy (non-hydrogen) atoms. The summed E-state index contributed by atoms with van der Waals surface area (Å²) in [6, 6.07) is -0.366. The summed E-state index contributed by atoms with van der Waals surface area (Å²) in [6.07, 6.45) is -5.63. The van der Waals surface area contributed by atoms with Crippen LogP contribution in [0.15, 0.2) is 16.6 Å². The molecule has 2 atom stereocenters. The van der Waals surface area contributed by atoms with Gasteiger partial charge in [0.25, 0.3) is 0 Å². The normalized spacial score (nSPS) is 17.1. The van der Waals surface area contributed by atoms with Crippen LogP contribution in [0.3, 0.4) is 0 Å². The zero-order valence-corrected chi connectivity index (χ0v) is 11.3. The average molecular weight is 348 g/mol. The van der Waals surface area contributed by atoms with E-state index in [9.17, 15) is 27.1 Å². The summed E-state index contributed by atoms with van der Waals surface area (Å²) in [5.41, 5.74) is -0.0497. The summed E-state index contributed by atoms with van der Waals surface area (Å²) < 4.78 is 66.1. The first-order valence-electron chi connectivity index (χ1n) is 5.26. The summed E-state index contributed by atoms with van der Waals surface area (Å²) in [6.45, 7) is 1.27. The van der Waals surface area contributed by atoms with Gasteiger partial charge in [0.2, 0.25) is 5.60 Å². The van der Waals surface area contributed by atoms with Crippen molar-refractivity contribution < 1.29 is 27.1 Å². The van der Waals surface area contributed by atoms with Crippen LogP contribution in [0.4, 0.5) is 22.0 Å². The fourth-order valence-corrected chi connectivity index (χ4v) is 2.04. The molecule has 2 unspecified atom stereocenters. The molecule has 3 N–H and O–H groups in total. The van der Waals surface area contributed by atoms with Crippen LogP contribution in [-0.2, 0) is 5.60 Å². The van der Waals surface area contributed by atoms with Crippen LogP contribution in [0.25, 0.3) is 0 Å². The van der Waals surface area contributed by atoms with E-state index >= 15 is 0 Å². The Bertz CT molecular complexity index is 479. The molecule has 0 radical (unpaired) electrons. The number of hydrogen-bond acceptors (Lipinski definition) is 2. The molecule has 0 aromatic heterocycles. The van der Waals surface area contributed by atoms with E-state index in [0.29, 0.717) is 6.07 Å². The van der Waals surface area contributed by atoms with Gasteiger partial charge in [-0.05, 0) is 34.5 Å². The third-order valence-electron chi connectivity index (χ3n) is 2.83. The summed E-state index contributed by atoms with van der Waals surface area (Å²) in [4.78, 5) is 0. The van der Waals surface area contributed by atoms with Crippen LogP contribution >= 0.6 is 15.9 Å². The van der Waals surface area contributed by atoms with Crippen LogP contribution < -0.4 is 5.73 Å². The molecule has 1 aromatic carbocycles. The maximum absolute atomic E-state index is 13.8. The molecule has 0 spiro atoms. The van der Waals surface area contributed by atoms with Gasteiger partial charge in [0.15, 0.2) is 0 Å². The van der Waals surface area contributed by atoms with Crippen molar-refractivity contribution in [3.63, 3.8) is 0 Å². The lowest BCUT2D eigenvalue weighted by molar-refractivity contribution is -0.276. The van der Waals surface area contributed by atoms with Crippen molar-refractivity contribution in [2.45, 2.75) is 31.2 Å². The first-order chi connectivity index (χ1) is 8.57. The molecule has 1 aromatic rings. The number of alkyl halides is 3. The van der Waals surface area contributed by atoms with E-state index in [1.54, 1.807) is 0 Å². The van der Waals surface area contributed by atoms with Crippen molar-refractivity contribution >= 4 is 15.9 Å². The smallest absolute Gasteiger partial charge is 0.375 e. The van der Waals surface area contributed by atoms with Gasteiger partial charge in [-0.2, -0.15) is 13.2 Å². The number of benzene rings is 1. The fourth-order valence-electron chi connectivity index (χ4n) is 1.71. The van der Waals surface area contributed by atoms with E-state index < -0.39 is 39.5 Å². The van der Waals surface area contributed by atoms with Gasteiger partial charge < -0.3 is 10.8 Å². The van der Waals surface area contributed by atoms with E-state index in [-0.39, 0.29) is 6.42 Å². The van der Waals surface area contributed by atoms with Gasteiger partial charge in [0, 0.05) is 6.04 Å². The Labute approximate surface area is 114 Å². The predicted octanol–water partition coefficient (Wildman–Crippen LogP) is 3.21. The van der Waals surface area contributed by atoms with Crippen molar-refractivity contribution in [3.05, 3.63) is 33.8 Å². The first kappa shape index (κ1) is 16.3. The molecule has 0 saturated heterocycles. The first-order valence-corrected chi connectivity index (χ1v) is 6.05. The Kier molecular flexibility index (Phi) is 4.58. The van der Waals surface area contributed by atoms with Crippen LogP contribution in [-0.4, -0.2) is 17.3 Å². The van der Waals surface area contributed by atoms with Gasteiger partial charge in [-0.15, -0.1) is 0 Å². The highest BCUT2D eigenvalue weighted by molar-refractivity contribution is 9.10. The van der Waals surface area contributed by atoms with Crippen molar-refractivity contribution in [1.29, 1.82) is 0 Å². The van der Waals surface area contributed by atoms with Crippen LogP contribution in [0.2, 0.25) is 0 Å². The number of nitrogens with two attached hydrogens (primary N) is 1. The monoisotopic (exact) mass is 347 g/mol. The Morgan fingerprint density at radius 1 is 1.32 bits per heavy atom. The third kappa shape index (κ3) is 2.61. The van der Waals surface area contributed by atoms with Crippen LogP contribution in [0.5, 0.6) is 0 Å². The number of rotatable bonds is 3. The summed E-state index contributed by atoms with van der Waals surface area (Å²) in [5.74, 6) is -3.03. The molecule has 0 saturated carbocycles. The topological polar surface area (TPSA) is 46.2 Å². The predicted molar refractivity (Wildman–Crippen MR) is 62.3 cm³/mol. The molecule has 0 aliphatic heterocycles. The van der Waals surface area contributed by atoms with Crippen molar-refractivity contribution in [1.82, 2.24) is 0 Å². The van der Waals surface area contributed by atoms with Gasteiger partial charge in [-0.3, -0.25) is 0 Å². The summed E-state index contributed by atoms with van der Waals surface area (Å²) in [5, 5.41) is 9.82. The molecular weight excluding hydrogens is 337 g/mol. The molecule has 0 amide bonds. The molecular formula is C11H11BrF5NO. The average Bonchev–Trinajstić information content (AvgIpc) is 2.31. The standard InChI is InChI=1S/C11H11BrF5NO/c1-2-7(18)10(19,11(15,16)17)8-6(13)4-3-5(12)9(8)14/h3-4,7,19H,2,18H2,1H3. The molecule has 8 heteroatoms.